The van der Waals surface area contributed by atoms with Crippen LogP contribution in [0.5, 0.6) is 0 Å². The van der Waals surface area contributed by atoms with Crippen LogP contribution in [0, 0.1) is 11.8 Å². The van der Waals surface area contributed by atoms with E-state index in [1.165, 1.54) is 0 Å². The maximum atomic E-state index is 13.2. The van der Waals surface area contributed by atoms with Gasteiger partial charge < -0.3 is 10.2 Å². The van der Waals surface area contributed by atoms with Crippen molar-refractivity contribution in [3.63, 3.8) is 0 Å². The van der Waals surface area contributed by atoms with Gasteiger partial charge in [-0.05, 0) is 54.2 Å². The molecule has 26 heavy (non-hydrogen) atoms. The highest BCUT2D eigenvalue weighted by Crippen LogP contribution is 2.38. The Morgan fingerprint density at radius 2 is 2.19 bits per heavy atom. The first-order chi connectivity index (χ1) is 12.5. The van der Waals surface area contributed by atoms with Gasteiger partial charge in [0.2, 0.25) is 11.8 Å². The maximum absolute atomic E-state index is 13.2. The van der Waals surface area contributed by atoms with Gasteiger partial charge in [0.25, 0.3) is 0 Å². The molecule has 6 heteroatoms. The Morgan fingerprint density at radius 1 is 1.42 bits per heavy atom. The lowest BCUT2D eigenvalue weighted by molar-refractivity contribution is -0.145. The van der Waals surface area contributed by atoms with E-state index < -0.39 is 5.54 Å². The number of pyridine rings is 1. The van der Waals surface area contributed by atoms with Crippen molar-refractivity contribution in [2.75, 3.05) is 18.1 Å². The zero-order valence-electron chi connectivity index (χ0n) is 15.7. The van der Waals surface area contributed by atoms with Crippen molar-refractivity contribution in [1.82, 2.24) is 15.2 Å². The first-order valence-electron chi connectivity index (χ1n) is 9.56. The van der Waals surface area contributed by atoms with Crippen LogP contribution >= 0.6 is 11.8 Å². The summed E-state index contributed by atoms with van der Waals surface area (Å²) in [5.41, 5.74) is 0.308. The van der Waals surface area contributed by atoms with E-state index in [1.807, 2.05) is 28.8 Å². The summed E-state index contributed by atoms with van der Waals surface area (Å²) in [4.78, 5) is 32.0. The summed E-state index contributed by atoms with van der Waals surface area (Å²) < 4.78 is 0. The van der Waals surface area contributed by atoms with Gasteiger partial charge in [0.1, 0.15) is 5.54 Å². The molecule has 0 bridgehead atoms. The number of amides is 2. The van der Waals surface area contributed by atoms with Crippen molar-refractivity contribution in [2.45, 2.75) is 51.6 Å². The quantitative estimate of drug-likeness (QED) is 0.830. The minimum absolute atomic E-state index is 0.000185. The van der Waals surface area contributed by atoms with Crippen LogP contribution in [0.1, 0.15) is 45.1 Å². The lowest BCUT2D eigenvalue weighted by Gasteiger charge is -2.43. The maximum Gasteiger partial charge on any atom is 0.246 e. The molecule has 142 valence electrons. The normalized spacial score (nSPS) is 22.7. The van der Waals surface area contributed by atoms with Crippen molar-refractivity contribution < 1.29 is 9.59 Å². The summed E-state index contributed by atoms with van der Waals surface area (Å²) in [6.07, 6.45) is 6.62. The Kier molecular flexibility index (Phi) is 6.22. The third kappa shape index (κ3) is 4.22. The monoisotopic (exact) mass is 375 g/mol. The fourth-order valence-electron chi connectivity index (χ4n) is 4.20. The number of aromatic nitrogens is 1. The molecule has 0 spiro atoms. The van der Waals surface area contributed by atoms with E-state index in [-0.39, 0.29) is 11.8 Å². The van der Waals surface area contributed by atoms with Gasteiger partial charge in [0.05, 0.1) is 0 Å². The first kappa shape index (κ1) is 19.2. The molecule has 1 aromatic rings. The average Bonchev–Trinajstić information content (AvgIpc) is 3.01. The number of carbonyl (C=O) groups excluding carboxylic acids is 2. The number of hydrogen-bond donors (Lipinski definition) is 1. The predicted octanol–water partition coefficient (Wildman–Crippen LogP) is 2.86. The molecule has 0 radical (unpaired) electrons. The number of nitrogens with one attached hydrogen (secondary N) is 1. The Hall–Kier alpha value is -1.56. The van der Waals surface area contributed by atoms with Gasteiger partial charge in [-0.25, -0.2) is 0 Å². The molecule has 5 nitrogen and oxygen atoms in total. The van der Waals surface area contributed by atoms with Crippen LogP contribution in [0.25, 0.3) is 0 Å². The Bertz CT molecular complexity index is 629. The third-order valence-corrected chi connectivity index (χ3v) is 6.43. The molecule has 1 aromatic heterocycles. The SMILES string of the molecule is CC(C)C[C@H]1CC(=O)N(C2(C(=O)NCc3cccnc3)CCSCC2)C1. The standard InChI is InChI=1S/C20H29N3O2S/c1-15(2)10-17-11-18(24)23(14-17)20(5-8-26-9-6-20)19(25)22-13-16-4-3-7-21-12-16/h3-4,7,12,15,17H,5-6,8-11,13-14H2,1-2H3,(H,22,25)/t17-/m0/s1. The summed E-state index contributed by atoms with van der Waals surface area (Å²) in [6, 6.07) is 3.82. The van der Waals surface area contributed by atoms with E-state index in [1.54, 1.807) is 12.4 Å². The highest BCUT2D eigenvalue weighted by atomic mass is 32.2. The molecule has 3 rings (SSSR count). The van der Waals surface area contributed by atoms with Gasteiger partial charge in [0, 0.05) is 31.9 Å². The largest absolute Gasteiger partial charge is 0.350 e. The first-order valence-corrected chi connectivity index (χ1v) is 10.7. The molecule has 2 aliphatic rings. The fourth-order valence-corrected chi connectivity index (χ4v) is 5.37. The molecular formula is C20H29N3O2S. The molecule has 2 aliphatic heterocycles. The highest BCUT2D eigenvalue weighted by molar-refractivity contribution is 7.99. The second-order valence-corrected chi connectivity index (χ2v) is 9.12. The number of likely N-dealkylation sites (tertiary alicyclic amines) is 1. The van der Waals surface area contributed by atoms with E-state index in [0.717, 1.165) is 42.9 Å². The highest BCUT2D eigenvalue weighted by Gasteiger charge is 2.50. The number of carbonyl (C=O) groups is 2. The van der Waals surface area contributed by atoms with Crippen LogP contribution < -0.4 is 5.32 Å². The number of hydrogen-bond acceptors (Lipinski definition) is 4. The van der Waals surface area contributed by atoms with Crippen LogP contribution in [-0.2, 0) is 16.1 Å². The Balaban J connectivity index is 1.73. The molecule has 0 saturated carbocycles. The zero-order valence-corrected chi connectivity index (χ0v) is 16.6. The summed E-state index contributed by atoms with van der Waals surface area (Å²) in [6.45, 7) is 5.57. The Morgan fingerprint density at radius 3 is 2.85 bits per heavy atom. The predicted molar refractivity (Wildman–Crippen MR) is 105 cm³/mol. The van der Waals surface area contributed by atoms with Crippen LogP contribution in [0.3, 0.4) is 0 Å². The van der Waals surface area contributed by atoms with Crippen LogP contribution in [0.15, 0.2) is 24.5 Å². The van der Waals surface area contributed by atoms with Gasteiger partial charge in [-0.1, -0.05) is 19.9 Å². The van der Waals surface area contributed by atoms with E-state index >= 15 is 0 Å². The van der Waals surface area contributed by atoms with E-state index in [0.29, 0.717) is 24.8 Å². The summed E-state index contributed by atoms with van der Waals surface area (Å²) in [5, 5.41) is 3.08. The van der Waals surface area contributed by atoms with Gasteiger partial charge in [-0.15, -0.1) is 0 Å². The third-order valence-electron chi connectivity index (χ3n) is 5.45. The molecule has 0 aliphatic carbocycles. The summed E-state index contributed by atoms with van der Waals surface area (Å²) >= 11 is 1.87. The molecule has 3 heterocycles. The number of rotatable bonds is 6. The number of nitrogens with zero attached hydrogens (tertiary/aromatic N) is 2. The van der Waals surface area contributed by atoms with Gasteiger partial charge in [-0.2, -0.15) is 11.8 Å². The van der Waals surface area contributed by atoms with Crippen LogP contribution in [0.4, 0.5) is 0 Å². The second kappa shape index (κ2) is 8.42. The van der Waals surface area contributed by atoms with Crippen LogP contribution in [-0.4, -0.2) is 45.3 Å². The lowest BCUT2D eigenvalue weighted by Crippen LogP contribution is -2.61. The lowest BCUT2D eigenvalue weighted by atomic mass is 9.88. The Labute approximate surface area is 160 Å². The topological polar surface area (TPSA) is 62.3 Å². The van der Waals surface area contributed by atoms with Gasteiger partial charge >= 0.3 is 0 Å². The summed E-state index contributed by atoms with van der Waals surface area (Å²) in [5.74, 6) is 2.96. The van der Waals surface area contributed by atoms with Crippen molar-refractivity contribution in [1.29, 1.82) is 0 Å². The smallest absolute Gasteiger partial charge is 0.246 e. The van der Waals surface area contributed by atoms with E-state index in [2.05, 4.69) is 24.1 Å². The second-order valence-electron chi connectivity index (χ2n) is 7.89. The molecule has 0 unspecified atom stereocenters. The summed E-state index contributed by atoms with van der Waals surface area (Å²) in [7, 11) is 0. The van der Waals surface area contributed by atoms with Gasteiger partial charge in [0.15, 0.2) is 0 Å². The fraction of sp³-hybridized carbons (Fsp3) is 0.650. The number of thioether (sulfide) groups is 1. The molecule has 2 fully saturated rings. The van der Waals surface area contributed by atoms with Crippen LogP contribution in [0.2, 0.25) is 0 Å². The molecule has 2 amide bonds. The minimum atomic E-state index is -0.670. The molecule has 1 atom stereocenters. The molecular weight excluding hydrogens is 346 g/mol. The molecule has 1 N–H and O–H groups in total. The zero-order chi connectivity index (χ0) is 18.6. The van der Waals surface area contributed by atoms with Crippen molar-refractivity contribution in [3.05, 3.63) is 30.1 Å². The molecule has 2 saturated heterocycles. The van der Waals surface area contributed by atoms with Crippen molar-refractivity contribution in [3.8, 4) is 0 Å². The average molecular weight is 376 g/mol. The van der Waals surface area contributed by atoms with E-state index in [9.17, 15) is 9.59 Å². The molecule has 0 aromatic carbocycles. The minimum Gasteiger partial charge on any atom is -0.350 e. The van der Waals surface area contributed by atoms with Crippen molar-refractivity contribution >= 4 is 23.6 Å². The van der Waals surface area contributed by atoms with Crippen molar-refractivity contribution in [2.24, 2.45) is 11.8 Å². The van der Waals surface area contributed by atoms with E-state index in [4.69, 9.17) is 0 Å². The van der Waals surface area contributed by atoms with Gasteiger partial charge in [-0.3, -0.25) is 14.6 Å².